The number of quaternary nitrogens is 1. The van der Waals surface area contributed by atoms with Crippen molar-refractivity contribution >= 4 is 27.6 Å². The molecule has 0 radical (unpaired) electrons. The van der Waals surface area contributed by atoms with Crippen LogP contribution < -0.4 is 14.1 Å². The molecule has 3 aliphatic rings. The highest BCUT2D eigenvalue weighted by Gasteiger charge is 2.41. The second kappa shape index (κ2) is 9.77. The molecule has 1 saturated heterocycles. The van der Waals surface area contributed by atoms with E-state index < -0.39 is 26.8 Å². The van der Waals surface area contributed by atoms with Gasteiger partial charge in [0.2, 0.25) is 0 Å². The van der Waals surface area contributed by atoms with E-state index in [0.29, 0.717) is 24.3 Å². The molecule has 2 atom stereocenters. The number of amides is 2. The van der Waals surface area contributed by atoms with Crippen LogP contribution >= 0.6 is 0 Å². The lowest BCUT2D eigenvalue weighted by atomic mass is 9.99. The highest BCUT2D eigenvalue weighted by atomic mass is 32.2. The van der Waals surface area contributed by atoms with Crippen LogP contribution in [-0.2, 0) is 42.9 Å². The van der Waals surface area contributed by atoms with Gasteiger partial charge in [-0.2, -0.15) is 18.0 Å². The minimum absolute atomic E-state index is 0.243. The molecule has 1 aromatic carbocycles. The molecule has 10 nitrogen and oxygen atoms in total. The van der Waals surface area contributed by atoms with E-state index in [0.717, 1.165) is 66.9 Å². The molecule has 2 unspecified atom stereocenters. The average Bonchev–Trinajstić information content (AvgIpc) is 3.59. The number of hydroxylamine groups is 1. The Balaban J connectivity index is 1.45. The fraction of sp³-hybridized carbons (Fsp3) is 0.600. The summed E-state index contributed by atoms with van der Waals surface area (Å²) in [6, 6.07) is 0.923. The summed E-state index contributed by atoms with van der Waals surface area (Å²) in [5.41, 5.74) is 5.48. The van der Waals surface area contributed by atoms with Crippen molar-refractivity contribution in [1.82, 2.24) is 14.7 Å². The van der Waals surface area contributed by atoms with E-state index in [9.17, 15) is 18.4 Å². The summed E-state index contributed by atoms with van der Waals surface area (Å²) >= 11 is 0. The Morgan fingerprint density at radius 2 is 1.83 bits per heavy atom. The smallest absolute Gasteiger partial charge is 0.436 e. The Morgan fingerprint density at radius 1 is 1.17 bits per heavy atom. The molecule has 0 spiro atoms. The first-order valence-corrected chi connectivity index (χ1v) is 14.4. The molecule has 0 saturated carbocycles. The topological polar surface area (TPSA) is 115 Å². The summed E-state index contributed by atoms with van der Waals surface area (Å²) < 4.78 is 28.8. The summed E-state index contributed by atoms with van der Waals surface area (Å²) in [7, 11) is -2.94. The number of hydrogen-bond donors (Lipinski definition) is 2. The molecule has 2 N–H and O–H groups in total. The quantitative estimate of drug-likeness (QED) is 0.567. The molecular formula is C25H36N6O4S. The van der Waals surface area contributed by atoms with Crippen LogP contribution in [0.25, 0.3) is 0 Å². The van der Waals surface area contributed by atoms with E-state index in [4.69, 9.17) is 0 Å². The molecular weight excluding hydrogens is 480 g/mol. The Kier molecular flexibility index (Phi) is 6.84. The number of nitrogens with zero attached hydrogens (tertiary/aromatic N) is 4. The maximum atomic E-state index is 13.8. The zero-order valence-electron chi connectivity index (χ0n) is 21.3. The third-order valence-corrected chi connectivity index (χ3v) is 9.51. The first kappa shape index (κ1) is 25.2. The summed E-state index contributed by atoms with van der Waals surface area (Å²) in [5.74, 6) is 0. The van der Waals surface area contributed by atoms with Gasteiger partial charge in [0.15, 0.2) is 0 Å². The number of hydrogen-bond acceptors (Lipinski definition) is 6. The van der Waals surface area contributed by atoms with Crippen molar-refractivity contribution in [3.8, 4) is 0 Å². The molecule has 196 valence electrons. The van der Waals surface area contributed by atoms with Gasteiger partial charge < -0.3 is 5.21 Å². The summed E-state index contributed by atoms with van der Waals surface area (Å²) in [4.78, 5) is 15.5. The van der Waals surface area contributed by atoms with Gasteiger partial charge in [0, 0.05) is 25.8 Å². The molecule has 2 aromatic rings. The van der Waals surface area contributed by atoms with Crippen LogP contribution in [0.2, 0.25) is 0 Å². The number of urea groups is 1. The number of aryl methyl sites for hydroxylation is 3. The van der Waals surface area contributed by atoms with Gasteiger partial charge >= 0.3 is 16.2 Å². The van der Waals surface area contributed by atoms with E-state index >= 15 is 0 Å². The van der Waals surface area contributed by atoms with E-state index in [2.05, 4.69) is 35.2 Å². The number of rotatable bonds is 6. The van der Waals surface area contributed by atoms with Crippen molar-refractivity contribution in [2.24, 2.45) is 7.05 Å². The third-order valence-electron chi connectivity index (χ3n) is 7.83. The van der Waals surface area contributed by atoms with Crippen molar-refractivity contribution in [2.45, 2.75) is 77.3 Å². The van der Waals surface area contributed by atoms with Crippen LogP contribution in [0.3, 0.4) is 0 Å². The van der Waals surface area contributed by atoms with Gasteiger partial charge in [-0.3, -0.25) is 14.9 Å². The van der Waals surface area contributed by atoms with E-state index in [1.807, 2.05) is 0 Å². The Labute approximate surface area is 213 Å². The van der Waals surface area contributed by atoms with Crippen LogP contribution in [0.1, 0.15) is 61.8 Å². The highest BCUT2D eigenvalue weighted by molar-refractivity contribution is 7.86. The number of carbonyl (C=O) groups is 1. The molecule has 1 aliphatic heterocycles. The van der Waals surface area contributed by atoms with Crippen molar-refractivity contribution in [1.29, 1.82) is 0 Å². The number of piperidine rings is 1. The van der Waals surface area contributed by atoms with Crippen LogP contribution in [0.5, 0.6) is 0 Å². The van der Waals surface area contributed by atoms with Gasteiger partial charge in [0.1, 0.15) is 0 Å². The SMILES string of the molecule is CC(C)N1CCCC(N(c2cnn(C)c2)S(=O)(=O)[NH+]([O-])C(=O)Nc2c3c(cc4c2CCC4)CCC3)C1. The van der Waals surface area contributed by atoms with Gasteiger partial charge in [0.25, 0.3) is 0 Å². The Hall–Kier alpha value is -2.47. The van der Waals surface area contributed by atoms with Crippen LogP contribution in [-0.4, -0.2) is 54.3 Å². The second-order valence-corrected chi connectivity index (χ2v) is 12.2. The van der Waals surface area contributed by atoms with Gasteiger partial charge in [0.05, 0.1) is 23.6 Å². The maximum Gasteiger partial charge on any atom is 0.436 e. The molecule has 2 amide bonds. The van der Waals surface area contributed by atoms with Crippen LogP contribution in [0.15, 0.2) is 18.5 Å². The van der Waals surface area contributed by atoms with Crippen molar-refractivity contribution in [2.75, 3.05) is 22.7 Å². The standard InChI is InChI=1S/C25H36N6O4S/c1-17(2)29-12-6-9-20(16-29)30(21-14-26-28(3)15-21)36(34,35)31(33)25(32)27-24-22-10-4-7-18(22)13-19-8-5-11-23(19)24/h13-15,17,20,31H,4-12,16H2,1-3H3,(H,27,32). The van der Waals surface area contributed by atoms with Gasteiger partial charge in [-0.15, -0.1) is 0 Å². The lowest BCUT2D eigenvalue weighted by molar-refractivity contribution is -0.604. The minimum Gasteiger partial charge on any atom is -0.608 e. The molecule has 1 fully saturated rings. The third kappa shape index (κ3) is 4.53. The van der Waals surface area contributed by atoms with E-state index in [1.54, 1.807) is 13.2 Å². The molecule has 0 bridgehead atoms. The number of likely N-dealkylation sites (tertiary alicyclic amines) is 1. The van der Waals surface area contributed by atoms with Crippen LogP contribution in [0.4, 0.5) is 16.2 Å². The summed E-state index contributed by atoms with van der Waals surface area (Å²) in [6.45, 7) is 5.50. The Bertz CT molecular complexity index is 1230. The van der Waals surface area contributed by atoms with Gasteiger partial charge in [-0.25, -0.2) is 9.10 Å². The molecule has 2 heterocycles. The zero-order valence-corrected chi connectivity index (χ0v) is 22.1. The number of nitrogens with one attached hydrogen (secondary N) is 2. The maximum absolute atomic E-state index is 13.8. The normalized spacial score (nSPS) is 20.9. The lowest BCUT2D eigenvalue weighted by Gasteiger charge is -2.41. The molecule has 11 heteroatoms. The largest absolute Gasteiger partial charge is 0.608 e. The monoisotopic (exact) mass is 516 g/mol. The first-order valence-electron chi connectivity index (χ1n) is 13.0. The number of fused-ring (bicyclic) bond motifs is 2. The first-order chi connectivity index (χ1) is 17.2. The summed E-state index contributed by atoms with van der Waals surface area (Å²) in [5, 5.41) is 20.3. The van der Waals surface area contributed by atoms with Crippen LogP contribution in [0, 0.1) is 5.21 Å². The minimum atomic E-state index is -4.63. The zero-order chi connectivity index (χ0) is 25.6. The Morgan fingerprint density at radius 3 is 2.42 bits per heavy atom. The lowest BCUT2D eigenvalue weighted by Crippen LogP contribution is -3.14. The molecule has 5 rings (SSSR count). The number of aromatic nitrogens is 2. The van der Waals surface area contributed by atoms with E-state index in [-0.39, 0.29) is 6.04 Å². The van der Waals surface area contributed by atoms with Crippen molar-refractivity contribution in [3.63, 3.8) is 0 Å². The fourth-order valence-corrected chi connectivity index (χ4v) is 7.45. The number of anilines is 2. The molecule has 1 aromatic heterocycles. The molecule has 36 heavy (non-hydrogen) atoms. The van der Waals surface area contributed by atoms with Gasteiger partial charge in [-0.05, 0) is 94.0 Å². The molecule has 2 aliphatic carbocycles. The predicted octanol–water partition coefficient (Wildman–Crippen LogP) is 1.94. The predicted molar refractivity (Wildman–Crippen MR) is 138 cm³/mol. The summed E-state index contributed by atoms with van der Waals surface area (Å²) in [6.07, 6.45) is 9.96. The fourth-order valence-electron chi connectivity index (χ4n) is 6.05. The highest BCUT2D eigenvalue weighted by Crippen LogP contribution is 2.38. The average molecular weight is 517 g/mol. The second-order valence-electron chi connectivity index (χ2n) is 10.5. The van der Waals surface area contributed by atoms with Gasteiger partial charge in [-0.1, -0.05) is 6.07 Å². The number of benzene rings is 1. The van der Waals surface area contributed by atoms with Crippen molar-refractivity contribution < 1.29 is 17.7 Å². The van der Waals surface area contributed by atoms with Crippen molar-refractivity contribution in [3.05, 3.63) is 45.9 Å². The number of carbonyl (C=O) groups excluding carboxylic acids is 1. The van der Waals surface area contributed by atoms with E-state index in [1.165, 1.54) is 22.0 Å².